The van der Waals surface area contributed by atoms with E-state index in [9.17, 15) is 9.59 Å². The third-order valence-electron chi connectivity index (χ3n) is 7.84. The van der Waals surface area contributed by atoms with Crippen molar-refractivity contribution in [1.29, 1.82) is 0 Å². The summed E-state index contributed by atoms with van der Waals surface area (Å²) in [5.41, 5.74) is 3.36. The summed E-state index contributed by atoms with van der Waals surface area (Å²) in [4.78, 5) is 34.3. The number of nitrogens with zero attached hydrogens (tertiary/aromatic N) is 4. The van der Waals surface area contributed by atoms with Crippen LogP contribution in [0.2, 0.25) is 0 Å². The van der Waals surface area contributed by atoms with Crippen molar-refractivity contribution >= 4 is 17.4 Å². The number of hydrogen-bond donors (Lipinski definition) is 0. The zero-order chi connectivity index (χ0) is 21.2. The van der Waals surface area contributed by atoms with E-state index in [0.29, 0.717) is 24.7 Å². The van der Waals surface area contributed by atoms with Gasteiger partial charge in [-0.15, -0.1) is 0 Å². The van der Waals surface area contributed by atoms with Crippen molar-refractivity contribution < 1.29 is 9.59 Å². The van der Waals surface area contributed by atoms with Crippen molar-refractivity contribution in [1.82, 2.24) is 14.7 Å². The van der Waals surface area contributed by atoms with Crippen molar-refractivity contribution in [2.24, 2.45) is 0 Å². The Balaban J connectivity index is 1.09. The lowest BCUT2D eigenvalue weighted by atomic mass is 9.90. The number of carbonyl (C=O) groups excluding carboxylic acids is 2. The van der Waals surface area contributed by atoms with Crippen LogP contribution in [-0.2, 0) is 11.2 Å². The van der Waals surface area contributed by atoms with Gasteiger partial charge >= 0.3 is 0 Å². The molecule has 168 valence electrons. The first-order valence-electron chi connectivity index (χ1n) is 12.3. The Hall–Kier alpha value is -1.92. The van der Waals surface area contributed by atoms with Gasteiger partial charge in [-0.2, -0.15) is 0 Å². The van der Waals surface area contributed by atoms with E-state index >= 15 is 0 Å². The molecule has 0 spiro atoms. The average Bonchev–Trinajstić information content (AvgIpc) is 3.35. The lowest BCUT2D eigenvalue weighted by molar-refractivity contribution is -0.134. The maximum atomic E-state index is 12.9. The second-order valence-electron chi connectivity index (χ2n) is 9.74. The first kappa shape index (κ1) is 21.0. The predicted octanol–water partition coefficient (Wildman–Crippen LogP) is 2.41. The van der Waals surface area contributed by atoms with Gasteiger partial charge in [-0.25, -0.2) is 0 Å². The standard InChI is InChI=1S/C25H36N4O2/c30-24-7-3-4-20-18-22(8-9-23(20)24)28-12-10-26(11-13-28)19-25(31)29-16-14-27(15-17-29)21-5-1-2-6-21/h8-9,18,21H,1-7,10-17,19H2. The Morgan fingerprint density at radius 2 is 1.61 bits per heavy atom. The molecular formula is C25H36N4O2. The molecular weight excluding hydrogens is 388 g/mol. The zero-order valence-electron chi connectivity index (χ0n) is 18.7. The molecule has 0 N–H and O–H groups in total. The van der Waals surface area contributed by atoms with Crippen LogP contribution in [0.4, 0.5) is 5.69 Å². The number of piperazine rings is 2. The Bertz CT molecular complexity index is 804. The number of ketones is 1. The Morgan fingerprint density at radius 1 is 0.871 bits per heavy atom. The molecule has 0 unspecified atom stereocenters. The van der Waals surface area contributed by atoms with E-state index in [1.807, 2.05) is 6.07 Å². The van der Waals surface area contributed by atoms with Gasteiger partial charge in [-0.1, -0.05) is 12.8 Å². The topological polar surface area (TPSA) is 47.1 Å². The largest absolute Gasteiger partial charge is 0.369 e. The van der Waals surface area contributed by atoms with Crippen LogP contribution >= 0.6 is 0 Å². The summed E-state index contributed by atoms with van der Waals surface area (Å²) in [6, 6.07) is 7.11. The number of aryl methyl sites for hydroxylation is 1. The average molecular weight is 425 g/mol. The van der Waals surface area contributed by atoms with Gasteiger partial charge < -0.3 is 9.80 Å². The summed E-state index contributed by atoms with van der Waals surface area (Å²) < 4.78 is 0. The number of fused-ring (bicyclic) bond motifs is 1. The number of carbonyl (C=O) groups is 2. The van der Waals surface area contributed by atoms with Crippen LogP contribution in [-0.4, -0.2) is 91.3 Å². The fraction of sp³-hybridized carbons (Fsp3) is 0.680. The van der Waals surface area contributed by atoms with Gasteiger partial charge in [0, 0.05) is 76.1 Å². The summed E-state index contributed by atoms with van der Waals surface area (Å²) in [5.74, 6) is 0.590. The summed E-state index contributed by atoms with van der Waals surface area (Å²) in [6.45, 7) is 8.15. The molecule has 5 rings (SSSR count). The monoisotopic (exact) mass is 424 g/mol. The molecule has 6 heteroatoms. The molecule has 2 heterocycles. The molecule has 0 atom stereocenters. The van der Waals surface area contributed by atoms with Gasteiger partial charge in [-0.3, -0.25) is 19.4 Å². The summed E-state index contributed by atoms with van der Waals surface area (Å²) in [5, 5.41) is 0. The van der Waals surface area contributed by atoms with Crippen molar-refractivity contribution in [3.05, 3.63) is 29.3 Å². The van der Waals surface area contributed by atoms with Crippen LogP contribution in [0.25, 0.3) is 0 Å². The number of anilines is 1. The van der Waals surface area contributed by atoms with Gasteiger partial charge in [0.05, 0.1) is 6.54 Å². The van der Waals surface area contributed by atoms with Gasteiger partial charge in [-0.05, 0) is 49.4 Å². The minimum Gasteiger partial charge on any atom is -0.369 e. The molecule has 0 radical (unpaired) electrons. The van der Waals surface area contributed by atoms with Crippen LogP contribution in [0.3, 0.4) is 0 Å². The number of rotatable bonds is 4. The first-order chi connectivity index (χ1) is 15.2. The lowest BCUT2D eigenvalue weighted by Crippen LogP contribution is -2.55. The third-order valence-corrected chi connectivity index (χ3v) is 7.84. The van der Waals surface area contributed by atoms with Crippen LogP contribution < -0.4 is 4.90 Å². The molecule has 1 aromatic rings. The van der Waals surface area contributed by atoms with Crippen LogP contribution in [0.15, 0.2) is 18.2 Å². The second-order valence-corrected chi connectivity index (χ2v) is 9.74. The van der Waals surface area contributed by atoms with Crippen LogP contribution in [0.1, 0.15) is 54.4 Å². The molecule has 0 bridgehead atoms. The highest BCUT2D eigenvalue weighted by Gasteiger charge is 2.29. The molecule has 1 amide bonds. The summed E-state index contributed by atoms with van der Waals surface area (Å²) >= 11 is 0. The summed E-state index contributed by atoms with van der Waals surface area (Å²) in [6.07, 6.45) is 8.11. The number of amides is 1. The van der Waals surface area contributed by atoms with Crippen LogP contribution in [0, 0.1) is 0 Å². The molecule has 2 aliphatic carbocycles. The van der Waals surface area contributed by atoms with E-state index in [-0.39, 0.29) is 0 Å². The minimum absolute atomic E-state index is 0.292. The fourth-order valence-electron chi connectivity index (χ4n) is 5.89. The maximum Gasteiger partial charge on any atom is 0.236 e. The van der Waals surface area contributed by atoms with E-state index in [0.717, 1.165) is 76.8 Å². The molecule has 2 aliphatic heterocycles. The van der Waals surface area contributed by atoms with Crippen molar-refractivity contribution in [2.45, 2.75) is 51.0 Å². The predicted molar refractivity (Wildman–Crippen MR) is 123 cm³/mol. The smallest absolute Gasteiger partial charge is 0.236 e. The highest BCUT2D eigenvalue weighted by molar-refractivity contribution is 5.98. The first-order valence-corrected chi connectivity index (χ1v) is 12.3. The van der Waals surface area contributed by atoms with E-state index in [4.69, 9.17) is 0 Å². The SMILES string of the molecule is O=C1CCCc2cc(N3CCN(CC(=O)N4CCN(C5CCCC5)CC4)CC3)ccc21. The van der Waals surface area contributed by atoms with E-state index in [1.165, 1.54) is 36.9 Å². The number of Topliss-reactive ketones (excluding diaryl/α,β-unsaturated/α-hetero) is 1. The highest BCUT2D eigenvalue weighted by atomic mass is 16.2. The van der Waals surface area contributed by atoms with Crippen molar-refractivity contribution in [3.8, 4) is 0 Å². The molecule has 1 saturated carbocycles. The molecule has 1 aromatic carbocycles. The quantitative estimate of drug-likeness (QED) is 0.743. The van der Waals surface area contributed by atoms with Gasteiger partial charge in [0.1, 0.15) is 0 Å². The normalized spacial score (nSPS) is 23.9. The summed E-state index contributed by atoms with van der Waals surface area (Å²) in [7, 11) is 0. The molecule has 3 fully saturated rings. The Labute approximate surface area is 186 Å². The fourth-order valence-corrected chi connectivity index (χ4v) is 5.89. The van der Waals surface area contributed by atoms with Crippen molar-refractivity contribution in [2.75, 3.05) is 63.8 Å². The molecule has 6 nitrogen and oxygen atoms in total. The maximum absolute atomic E-state index is 12.9. The van der Waals surface area contributed by atoms with Crippen molar-refractivity contribution in [3.63, 3.8) is 0 Å². The van der Waals surface area contributed by atoms with Gasteiger partial charge in [0.15, 0.2) is 5.78 Å². The molecule has 0 aromatic heterocycles. The molecule has 31 heavy (non-hydrogen) atoms. The van der Waals surface area contributed by atoms with E-state index < -0.39 is 0 Å². The van der Waals surface area contributed by atoms with Crippen LogP contribution in [0.5, 0.6) is 0 Å². The highest BCUT2D eigenvalue weighted by Crippen LogP contribution is 2.27. The Morgan fingerprint density at radius 3 is 2.35 bits per heavy atom. The number of benzene rings is 1. The molecule has 4 aliphatic rings. The van der Waals surface area contributed by atoms with E-state index in [2.05, 4.69) is 31.7 Å². The van der Waals surface area contributed by atoms with Gasteiger partial charge in [0.25, 0.3) is 0 Å². The molecule has 2 saturated heterocycles. The third kappa shape index (κ3) is 4.65. The van der Waals surface area contributed by atoms with Gasteiger partial charge in [0.2, 0.25) is 5.91 Å². The number of hydrogen-bond acceptors (Lipinski definition) is 5. The Kier molecular flexibility index (Phi) is 6.28. The lowest BCUT2D eigenvalue weighted by Gasteiger charge is -2.40. The second kappa shape index (κ2) is 9.29. The van der Waals surface area contributed by atoms with E-state index in [1.54, 1.807) is 0 Å². The zero-order valence-corrected chi connectivity index (χ0v) is 18.7. The minimum atomic E-state index is 0.292.